The van der Waals surface area contributed by atoms with Gasteiger partial charge < -0.3 is 9.64 Å². The van der Waals surface area contributed by atoms with Gasteiger partial charge in [-0.05, 0) is 65.1 Å². The van der Waals surface area contributed by atoms with Crippen LogP contribution in [0.5, 0.6) is 0 Å². The standard InChI is InChI=1S/C9H17NO.C8H14O2.C7H12O.C6H10O.C6H8O.C5H10O2S/c1-8(2)9(11)6-5-7-10(3)4;1-7(2)8(9)5-4-6-10-3;1-4-5-7(8)6(2)3;2*1-4-6(7)5(2)3;1-4-8(6,7)5(2)3/h5-6,8H,7H2,1-4H3;4-5,7H,6H2,1-3H3;4-6H,1-3H3;4-5H,1H2,2-3H3;1,5H,2-3H3;4-5H,1H2,2-3H3/b6-5+;2*5-4+;;;. The number of nitrogens with zero attached hydrogens (tertiary/aromatic N) is 1. The first-order chi connectivity index (χ1) is 23.3. The van der Waals surface area contributed by atoms with Crippen LogP contribution < -0.4 is 0 Å². The normalized spacial score (nSPS) is 10.7. The zero-order valence-corrected chi connectivity index (χ0v) is 35.4. The van der Waals surface area contributed by atoms with E-state index >= 15 is 0 Å². The van der Waals surface area contributed by atoms with Crippen molar-refractivity contribution in [1.29, 1.82) is 0 Å². The molecule has 0 aliphatic heterocycles. The number of sulfone groups is 1. The van der Waals surface area contributed by atoms with Crippen molar-refractivity contribution in [3.8, 4) is 12.3 Å². The van der Waals surface area contributed by atoms with E-state index in [1.807, 2.05) is 93.3 Å². The molecule has 0 bridgehead atoms. The van der Waals surface area contributed by atoms with Gasteiger partial charge >= 0.3 is 0 Å². The van der Waals surface area contributed by atoms with Gasteiger partial charge in [-0.1, -0.05) is 101 Å². The number of terminal acetylenes is 1. The fourth-order valence-electron chi connectivity index (χ4n) is 1.98. The monoisotopic (exact) mass is 737 g/mol. The maximum atomic E-state index is 11.0. The van der Waals surface area contributed by atoms with Gasteiger partial charge in [0.15, 0.2) is 33.0 Å². The van der Waals surface area contributed by atoms with Crippen molar-refractivity contribution in [1.82, 2.24) is 4.90 Å². The number of rotatable bonds is 15. The number of allylic oxidation sites excluding steroid dienone is 5. The molecule has 0 aromatic carbocycles. The summed E-state index contributed by atoms with van der Waals surface area (Å²) in [6.45, 7) is 31.5. The highest BCUT2D eigenvalue weighted by Crippen LogP contribution is 1.99. The Kier molecular flexibility index (Phi) is 44.1. The number of hydrogen-bond donors (Lipinski definition) is 0. The summed E-state index contributed by atoms with van der Waals surface area (Å²) in [5.41, 5.74) is 0. The van der Waals surface area contributed by atoms with E-state index < -0.39 is 9.84 Å². The number of carbonyl (C=O) groups excluding carboxylic acids is 5. The Morgan fingerprint density at radius 3 is 1.22 bits per heavy atom. The molecule has 0 spiro atoms. The van der Waals surface area contributed by atoms with Gasteiger partial charge in [-0.3, -0.25) is 24.0 Å². The molecule has 0 rings (SSSR count). The number of ether oxygens (including phenoxy) is 1. The summed E-state index contributed by atoms with van der Waals surface area (Å²) < 4.78 is 25.9. The van der Waals surface area contributed by atoms with E-state index in [1.54, 1.807) is 65.2 Å². The van der Waals surface area contributed by atoms with Crippen molar-refractivity contribution in [2.24, 2.45) is 29.6 Å². The molecule has 0 saturated carbocycles. The fraction of sp³-hybridized carbons (Fsp3) is 0.585. The van der Waals surface area contributed by atoms with Gasteiger partial charge in [-0.25, -0.2) is 8.42 Å². The Morgan fingerprint density at radius 2 is 1.06 bits per heavy atom. The van der Waals surface area contributed by atoms with Gasteiger partial charge in [-0.2, -0.15) is 0 Å². The molecule has 0 atom stereocenters. The third-order valence-corrected chi connectivity index (χ3v) is 7.44. The fourth-order valence-corrected chi connectivity index (χ4v) is 2.36. The molecular formula is C41H71NO8S. The van der Waals surface area contributed by atoms with Crippen LogP contribution in [0.2, 0.25) is 0 Å². The summed E-state index contributed by atoms with van der Waals surface area (Å²) in [6.07, 6.45) is 16.3. The van der Waals surface area contributed by atoms with Crippen molar-refractivity contribution in [2.45, 2.75) is 95.3 Å². The van der Waals surface area contributed by atoms with Crippen LogP contribution in [0.25, 0.3) is 0 Å². The number of Topliss-reactive ketones (excluding diaryl/α,β-unsaturated/α-hetero) is 1. The lowest BCUT2D eigenvalue weighted by atomic mass is 10.1. The van der Waals surface area contributed by atoms with E-state index in [4.69, 9.17) is 11.2 Å². The molecular weight excluding hydrogens is 667 g/mol. The van der Waals surface area contributed by atoms with Crippen molar-refractivity contribution in [3.05, 3.63) is 61.1 Å². The van der Waals surface area contributed by atoms with Crippen LogP contribution >= 0.6 is 0 Å². The van der Waals surface area contributed by atoms with Crippen molar-refractivity contribution >= 4 is 38.8 Å². The Hall–Kier alpha value is -3.52. The lowest BCUT2D eigenvalue weighted by Crippen LogP contribution is -2.11. The van der Waals surface area contributed by atoms with Crippen LogP contribution in [0, 0.1) is 41.9 Å². The van der Waals surface area contributed by atoms with E-state index in [9.17, 15) is 32.4 Å². The van der Waals surface area contributed by atoms with E-state index in [1.165, 1.54) is 6.08 Å². The van der Waals surface area contributed by atoms with Crippen molar-refractivity contribution in [2.75, 3.05) is 34.4 Å². The Balaban J connectivity index is -0.000000120. The molecule has 294 valence electrons. The number of likely N-dealkylation sites (N-methyl/N-ethyl adjacent to an activating group) is 1. The first kappa shape index (κ1) is 59.6. The van der Waals surface area contributed by atoms with Gasteiger partial charge in [-0.15, -0.1) is 6.42 Å². The van der Waals surface area contributed by atoms with Gasteiger partial charge in [0.05, 0.1) is 11.9 Å². The predicted octanol–water partition coefficient (Wildman–Crippen LogP) is 7.73. The lowest BCUT2D eigenvalue weighted by Gasteiger charge is -2.03. The molecule has 0 amide bonds. The molecule has 0 N–H and O–H groups in total. The molecule has 0 saturated heterocycles. The Morgan fingerprint density at radius 1 is 0.686 bits per heavy atom. The molecule has 0 aliphatic carbocycles. The molecule has 0 radical (unpaired) electrons. The smallest absolute Gasteiger partial charge is 0.207 e. The zero-order chi connectivity index (χ0) is 41.9. The first-order valence-corrected chi connectivity index (χ1v) is 18.6. The van der Waals surface area contributed by atoms with Crippen LogP contribution in [0.1, 0.15) is 90.0 Å². The summed E-state index contributed by atoms with van der Waals surface area (Å²) in [4.78, 5) is 55.2. The number of methoxy groups -OCH3 is 1. The molecule has 0 unspecified atom stereocenters. The molecule has 0 heterocycles. The van der Waals surface area contributed by atoms with E-state index in [2.05, 4.69) is 13.2 Å². The summed E-state index contributed by atoms with van der Waals surface area (Å²) in [5, 5.41) is 0.650. The van der Waals surface area contributed by atoms with Gasteiger partial charge in [0.2, 0.25) is 5.78 Å². The minimum atomic E-state index is -2.97. The third kappa shape index (κ3) is 48.6. The van der Waals surface area contributed by atoms with E-state index in [0.29, 0.717) is 6.61 Å². The zero-order valence-electron chi connectivity index (χ0n) is 34.6. The summed E-state index contributed by atoms with van der Waals surface area (Å²) in [5.74, 6) is 3.02. The highest BCUT2D eigenvalue weighted by atomic mass is 32.2. The van der Waals surface area contributed by atoms with E-state index in [-0.39, 0.29) is 63.8 Å². The quantitative estimate of drug-likeness (QED) is 0.0941. The van der Waals surface area contributed by atoms with Crippen LogP contribution in [-0.4, -0.2) is 81.8 Å². The maximum absolute atomic E-state index is 11.0. The average molecular weight is 738 g/mol. The molecule has 0 aromatic heterocycles. The summed E-state index contributed by atoms with van der Waals surface area (Å²) in [6, 6.07) is 0. The van der Waals surface area contributed by atoms with Crippen LogP contribution in [0.3, 0.4) is 0 Å². The minimum absolute atomic E-state index is 0.00926. The highest BCUT2D eigenvalue weighted by Gasteiger charge is 2.09. The molecule has 0 aromatic rings. The third-order valence-electron chi connectivity index (χ3n) is 5.66. The molecule has 10 heteroatoms. The maximum Gasteiger partial charge on any atom is 0.207 e. The van der Waals surface area contributed by atoms with Crippen LogP contribution in [0.4, 0.5) is 0 Å². The second kappa shape index (κ2) is 37.7. The highest BCUT2D eigenvalue weighted by molar-refractivity contribution is 7.94. The second-order valence-electron chi connectivity index (χ2n) is 12.9. The SMILES string of the molecule is C#CC(=O)C(C)C.C/C=C/C(=O)C(C)C.C=CC(=O)C(C)C.C=CS(=O)(=O)C(C)C.CC(C)C(=O)/C=C/CN(C)C.COC/C=C/C(=O)C(C)C. The van der Waals surface area contributed by atoms with Gasteiger partial charge in [0, 0.05) is 48.7 Å². The predicted molar refractivity (Wildman–Crippen MR) is 216 cm³/mol. The van der Waals surface area contributed by atoms with Gasteiger partial charge in [0.25, 0.3) is 0 Å². The van der Waals surface area contributed by atoms with E-state index in [0.717, 1.165) is 12.0 Å². The van der Waals surface area contributed by atoms with Crippen LogP contribution in [0.15, 0.2) is 61.1 Å². The van der Waals surface area contributed by atoms with Crippen LogP contribution in [-0.2, 0) is 38.5 Å². The Labute approximate surface area is 312 Å². The average Bonchev–Trinajstić information content (AvgIpc) is 3.04. The van der Waals surface area contributed by atoms with Gasteiger partial charge in [0.1, 0.15) is 0 Å². The number of carbonyl (C=O) groups is 5. The molecule has 9 nitrogen and oxygen atoms in total. The Bertz CT molecular complexity index is 1220. The molecule has 0 fully saturated rings. The molecule has 0 aliphatic rings. The summed E-state index contributed by atoms with van der Waals surface area (Å²) in [7, 11) is 2.58. The number of hydrogen-bond acceptors (Lipinski definition) is 9. The van der Waals surface area contributed by atoms with Crippen molar-refractivity contribution < 1.29 is 37.1 Å². The first-order valence-electron chi connectivity index (χ1n) is 17.0. The second-order valence-corrected chi connectivity index (χ2v) is 15.4. The summed E-state index contributed by atoms with van der Waals surface area (Å²) >= 11 is 0. The minimum Gasteiger partial charge on any atom is -0.381 e. The largest absolute Gasteiger partial charge is 0.381 e. The molecule has 51 heavy (non-hydrogen) atoms. The van der Waals surface area contributed by atoms with Crippen molar-refractivity contribution in [3.63, 3.8) is 0 Å². The lowest BCUT2D eigenvalue weighted by molar-refractivity contribution is -0.118. The topological polar surface area (TPSA) is 132 Å². The number of ketones is 5.